The summed E-state index contributed by atoms with van der Waals surface area (Å²) >= 11 is 0. The minimum Gasteiger partial charge on any atom is -0.365 e. The van der Waals surface area contributed by atoms with E-state index >= 15 is 0 Å². The molecule has 0 aromatic carbocycles. The molecule has 1 saturated carbocycles. The molecular weight excluding hydrogens is 212 g/mol. The van der Waals surface area contributed by atoms with Gasteiger partial charge in [-0.1, -0.05) is 38.8 Å². The lowest BCUT2D eigenvalue weighted by Crippen LogP contribution is -2.56. The van der Waals surface area contributed by atoms with Gasteiger partial charge in [0, 0.05) is 11.8 Å². The summed E-state index contributed by atoms with van der Waals surface area (Å²) in [5, 5.41) is 10.9. The number of hydrogen-bond donors (Lipinski definition) is 1. The maximum absolute atomic E-state index is 10.9. The minimum absolute atomic E-state index is 0.176. The second-order valence-corrected chi connectivity index (χ2v) is 7.33. The van der Waals surface area contributed by atoms with Crippen molar-refractivity contribution in [1.29, 1.82) is 0 Å². The van der Waals surface area contributed by atoms with Crippen molar-refractivity contribution in [3.05, 3.63) is 11.6 Å². The van der Waals surface area contributed by atoms with E-state index in [1.54, 1.807) is 0 Å². The normalized spacial score (nSPS) is 51.9. The van der Waals surface area contributed by atoms with Crippen molar-refractivity contribution >= 4 is 0 Å². The van der Waals surface area contributed by atoms with Crippen LogP contribution in [0.1, 0.15) is 59.8 Å². The Kier molecular flexibility index (Phi) is 2.05. The fourth-order valence-corrected chi connectivity index (χ4v) is 4.36. The van der Waals surface area contributed by atoms with Gasteiger partial charge in [0.15, 0.2) is 5.79 Å². The molecule has 3 atom stereocenters. The number of ether oxygens (including phenoxy) is 1. The van der Waals surface area contributed by atoms with Crippen LogP contribution in [0.15, 0.2) is 11.6 Å². The van der Waals surface area contributed by atoms with Crippen LogP contribution >= 0.6 is 0 Å². The van der Waals surface area contributed by atoms with Crippen LogP contribution in [0, 0.1) is 10.8 Å². The first-order valence-corrected chi connectivity index (χ1v) is 6.87. The molecule has 0 amide bonds. The Bertz CT molecular complexity index is 398. The van der Waals surface area contributed by atoms with Crippen molar-refractivity contribution in [2.75, 3.05) is 0 Å². The lowest BCUT2D eigenvalue weighted by atomic mass is 9.56. The van der Waals surface area contributed by atoms with Gasteiger partial charge in [-0.05, 0) is 31.6 Å². The molecule has 0 radical (unpaired) electrons. The first kappa shape index (κ1) is 11.7. The predicted molar refractivity (Wildman–Crippen MR) is 67.5 cm³/mol. The van der Waals surface area contributed by atoms with Gasteiger partial charge in [-0.25, -0.2) is 0 Å². The summed E-state index contributed by atoms with van der Waals surface area (Å²) in [5.41, 5.74) is 1.23. The van der Waals surface area contributed by atoms with E-state index in [0.29, 0.717) is 0 Å². The SMILES string of the molecule is CC1(C)CCC[C@]2(C)C1=C[C@@]1(C)CC[C@]2(O)O1. The molecule has 0 unspecified atom stereocenters. The van der Waals surface area contributed by atoms with Crippen molar-refractivity contribution in [2.24, 2.45) is 10.8 Å². The van der Waals surface area contributed by atoms with Gasteiger partial charge in [-0.2, -0.15) is 0 Å². The Hall–Kier alpha value is -0.340. The number of hydrogen-bond acceptors (Lipinski definition) is 2. The van der Waals surface area contributed by atoms with E-state index in [2.05, 4.69) is 33.8 Å². The molecule has 3 rings (SSSR count). The van der Waals surface area contributed by atoms with Gasteiger partial charge in [-0.3, -0.25) is 0 Å². The Morgan fingerprint density at radius 1 is 1.06 bits per heavy atom. The third-order valence-electron chi connectivity index (χ3n) is 5.48. The molecular formula is C15H24O2. The maximum Gasteiger partial charge on any atom is 0.175 e. The van der Waals surface area contributed by atoms with Crippen LogP contribution in [0.4, 0.5) is 0 Å². The van der Waals surface area contributed by atoms with Crippen LogP contribution < -0.4 is 0 Å². The fourth-order valence-electron chi connectivity index (χ4n) is 4.36. The van der Waals surface area contributed by atoms with Crippen molar-refractivity contribution in [2.45, 2.75) is 71.2 Å². The minimum atomic E-state index is -0.927. The van der Waals surface area contributed by atoms with E-state index < -0.39 is 5.79 Å². The Labute approximate surface area is 104 Å². The van der Waals surface area contributed by atoms with Crippen LogP contribution in [-0.4, -0.2) is 16.5 Å². The molecule has 1 saturated heterocycles. The predicted octanol–water partition coefficient (Wildman–Crippen LogP) is 3.40. The third kappa shape index (κ3) is 1.34. The second kappa shape index (κ2) is 2.97. The zero-order valence-corrected chi connectivity index (χ0v) is 11.5. The van der Waals surface area contributed by atoms with Crippen molar-refractivity contribution < 1.29 is 9.84 Å². The van der Waals surface area contributed by atoms with Crippen LogP contribution in [0.3, 0.4) is 0 Å². The highest BCUT2D eigenvalue weighted by molar-refractivity contribution is 5.34. The highest BCUT2D eigenvalue weighted by Crippen LogP contribution is 2.63. The van der Waals surface area contributed by atoms with Crippen LogP contribution in [0.5, 0.6) is 0 Å². The zero-order chi connectivity index (χ0) is 12.5. The molecule has 1 aliphatic carbocycles. The van der Waals surface area contributed by atoms with E-state index in [0.717, 1.165) is 19.3 Å². The average Bonchev–Trinajstić information content (AvgIpc) is 2.47. The molecule has 3 aliphatic rings. The third-order valence-corrected chi connectivity index (χ3v) is 5.48. The van der Waals surface area contributed by atoms with Crippen molar-refractivity contribution in [3.63, 3.8) is 0 Å². The molecule has 1 N–H and O–H groups in total. The average molecular weight is 236 g/mol. The standard InChI is InChI=1S/C15H24O2/c1-12(2)6-5-7-14(4)11(12)10-13(3)8-9-15(14,16)17-13/h10,16H,5-9H2,1-4H3/t13-,14-,15+/m1/s1. The quantitative estimate of drug-likeness (QED) is 0.653. The smallest absolute Gasteiger partial charge is 0.175 e. The van der Waals surface area contributed by atoms with Gasteiger partial charge in [-0.15, -0.1) is 0 Å². The molecule has 17 heavy (non-hydrogen) atoms. The Morgan fingerprint density at radius 3 is 2.47 bits per heavy atom. The van der Waals surface area contributed by atoms with Gasteiger partial charge in [0.2, 0.25) is 0 Å². The summed E-state index contributed by atoms with van der Waals surface area (Å²) in [6.45, 7) is 8.94. The summed E-state index contributed by atoms with van der Waals surface area (Å²) in [6, 6.07) is 0. The van der Waals surface area contributed by atoms with Crippen LogP contribution in [0.2, 0.25) is 0 Å². The van der Waals surface area contributed by atoms with Gasteiger partial charge in [0.25, 0.3) is 0 Å². The molecule has 0 aromatic rings. The largest absolute Gasteiger partial charge is 0.365 e. The summed E-state index contributed by atoms with van der Waals surface area (Å²) in [5.74, 6) is -0.927. The molecule has 2 bridgehead atoms. The summed E-state index contributed by atoms with van der Waals surface area (Å²) in [4.78, 5) is 0. The summed E-state index contributed by atoms with van der Waals surface area (Å²) in [6.07, 6.45) is 7.50. The number of fused-ring (bicyclic) bond motifs is 4. The van der Waals surface area contributed by atoms with Crippen LogP contribution in [-0.2, 0) is 4.74 Å². The molecule has 96 valence electrons. The second-order valence-electron chi connectivity index (χ2n) is 7.33. The maximum atomic E-state index is 10.9. The molecule has 0 aromatic heterocycles. The van der Waals surface area contributed by atoms with Gasteiger partial charge in [0.1, 0.15) is 0 Å². The molecule has 2 nitrogen and oxygen atoms in total. The molecule has 2 fully saturated rings. The summed E-state index contributed by atoms with van der Waals surface area (Å²) < 4.78 is 6.02. The summed E-state index contributed by atoms with van der Waals surface area (Å²) in [7, 11) is 0. The van der Waals surface area contributed by atoms with E-state index in [4.69, 9.17) is 4.74 Å². The van der Waals surface area contributed by atoms with Crippen LogP contribution in [0.25, 0.3) is 0 Å². The zero-order valence-electron chi connectivity index (χ0n) is 11.5. The van der Waals surface area contributed by atoms with Gasteiger partial charge < -0.3 is 9.84 Å². The van der Waals surface area contributed by atoms with E-state index in [9.17, 15) is 5.11 Å². The van der Waals surface area contributed by atoms with E-state index in [-0.39, 0.29) is 16.4 Å². The highest BCUT2D eigenvalue weighted by atomic mass is 16.6. The molecule has 0 spiro atoms. The molecule has 2 heterocycles. The number of aliphatic hydroxyl groups is 1. The van der Waals surface area contributed by atoms with Crippen molar-refractivity contribution in [1.82, 2.24) is 0 Å². The Balaban J connectivity index is 2.18. The fraction of sp³-hybridized carbons (Fsp3) is 0.867. The molecule has 2 heteroatoms. The van der Waals surface area contributed by atoms with Gasteiger partial charge >= 0.3 is 0 Å². The highest BCUT2D eigenvalue weighted by Gasteiger charge is 2.63. The number of rotatable bonds is 0. The van der Waals surface area contributed by atoms with E-state index in [1.807, 2.05) is 0 Å². The van der Waals surface area contributed by atoms with E-state index in [1.165, 1.54) is 18.4 Å². The monoisotopic (exact) mass is 236 g/mol. The molecule has 2 aliphatic heterocycles. The topological polar surface area (TPSA) is 29.5 Å². The lowest BCUT2D eigenvalue weighted by Gasteiger charge is -2.55. The van der Waals surface area contributed by atoms with Gasteiger partial charge in [0.05, 0.1) is 5.60 Å². The first-order chi connectivity index (χ1) is 7.71. The lowest BCUT2D eigenvalue weighted by molar-refractivity contribution is -0.277. The Morgan fingerprint density at radius 2 is 1.76 bits per heavy atom. The first-order valence-electron chi connectivity index (χ1n) is 6.87. The van der Waals surface area contributed by atoms with Crippen molar-refractivity contribution in [3.8, 4) is 0 Å².